The zero-order valence-corrected chi connectivity index (χ0v) is 18.1. The van der Waals surface area contributed by atoms with Gasteiger partial charge in [0.05, 0.1) is 18.4 Å². The van der Waals surface area contributed by atoms with E-state index >= 15 is 0 Å². The van der Waals surface area contributed by atoms with Crippen molar-refractivity contribution in [3.63, 3.8) is 0 Å². The predicted octanol–water partition coefficient (Wildman–Crippen LogP) is 3.43. The van der Waals surface area contributed by atoms with Crippen LogP contribution in [0.2, 0.25) is 0 Å². The van der Waals surface area contributed by atoms with E-state index in [1.165, 1.54) is 6.42 Å². The van der Waals surface area contributed by atoms with Gasteiger partial charge < -0.3 is 25.0 Å². The third-order valence-corrected chi connectivity index (χ3v) is 5.25. The average Bonchev–Trinajstić information content (AvgIpc) is 3.08. The lowest BCUT2D eigenvalue weighted by molar-refractivity contribution is -0.170. The van der Waals surface area contributed by atoms with Crippen LogP contribution in [0.25, 0.3) is 10.9 Å². The van der Waals surface area contributed by atoms with Gasteiger partial charge in [0.1, 0.15) is 0 Å². The minimum atomic E-state index is -2.87. The maximum absolute atomic E-state index is 12.8. The highest BCUT2D eigenvalue weighted by molar-refractivity contribution is 6.08. The van der Waals surface area contributed by atoms with Crippen molar-refractivity contribution in [2.75, 3.05) is 0 Å². The van der Waals surface area contributed by atoms with Crippen LogP contribution >= 0.6 is 0 Å². The number of carboxylic acids is 2. The number of fused-ring (bicyclic) bond motifs is 1. The molecule has 9 nitrogen and oxygen atoms in total. The molecule has 0 saturated carbocycles. The Balaban J connectivity index is 2.15. The normalized spacial score (nSPS) is 12.9. The van der Waals surface area contributed by atoms with Crippen molar-refractivity contribution >= 4 is 34.8 Å². The lowest BCUT2D eigenvalue weighted by Crippen LogP contribution is -2.43. The molecule has 0 amide bonds. The average molecular weight is 447 g/mol. The van der Waals surface area contributed by atoms with Crippen LogP contribution in [0, 0.1) is 0 Å². The molecule has 0 aliphatic rings. The Hall–Kier alpha value is -3.20. The molecule has 1 aromatic carbocycles. The molecule has 1 aromatic heterocycles. The fraction of sp³-hybridized carbons (Fsp3) is 0.478. The molecule has 174 valence electrons. The minimum Gasteiger partial charge on any atom is -0.481 e. The highest BCUT2D eigenvalue weighted by Gasteiger charge is 2.42. The summed E-state index contributed by atoms with van der Waals surface area (Å²) in [5.41, 5.74) is -1.39. The van der Waals surface area contributed by atoms with Crippen LogP contribution in [0.3, 0.4) is 0 Å². The molecule has 0 spiro atoms. The first-order chi connectivity index (χ1) is 15.2. The second-order valence-corrected chi connectivity index (χ2v) is 7.89. The van der Waals surface area contributed by atoms with Gasteiger partial charge in [0.2, 0.25) is 0 Å². The zero-order chi connectivity index (χ0) is 23.7. The minimum absolute atomic E-state index is 0.180. The van der Waals surface area contributed by atoms with Crippen molar-refractivity contribution in [2.24, 2.45) is 0 Å². The summed E-state index contributed by atoms with van der Waals surface area (Å²) < 4.78 is 4.82. The predicted molar refractivity (Wildman–Crippen MR) is 115 cm³/mol. The van der Waals surface area contributed by atoms with Crippen molar-refractivity contribution in [1.82, 2.24) is 4.98 Å². The van der Waals surface area contributed by atoms with Crippen LogP contribution < -0.4 is 0 Å². The van der Waals surface area contributed by atoms with Gasteiger partial charge in [0.15, 0.2) is 5.60 Å². The fourth-order valence-electron chi connectivity index (χ4n) is 3.59. The summed E-state index contributed by atoms with van der Waals surface area (Å²) in [6, 6.07) is 7.02. The Morgan fingerprint density at radius 3 is 2.28 bits per heavy atom. The number of unbranched alkanes of at least 4 members (excludes halogenated alkanes) is 5. The molecular formula is C23H29NO8. The molecule has 0 saturated heterocycles. The number of benzene rings is 1. The molecule has 1 heterocycles. The van der Waals surface area contributed by atoms with E-state index in [2.05, 4.69) is 11.9 Å². The third kappa shape index (κ3) is 6.65. The number of aryl methyl sites for hydroxylation is 1. The van der Waals surface area contributed by atoms with Gasteiger partial charge >= 0.3 is 23.9 Å². The molecule has 0 bridgehead atoms. The molecule has 1 atom stereocenters. The summed E-state index contributed by atoms with van der Waals surface area (Å²) in [7, 11) is 0. The van der Waals surface area contributed by atoms with Crippen molar-refractivity contribution < 1.29 is 39.2 Å². The highest BCUT2D eigenvalue weighted by Crippen LogP contribution is 2.26. The summed E-state index contributed by atoms with van der Waals surface area (Å²) in [6.07, 6.45) is 4.58. The highest BCUT2D eigenvalue weighted by atomic mass is 16.6. The van der Waals surface area contributed by atoms with E-state index in [4.69, 9.17) is 14.9 Å². The molecule has 9 heteroatoms. The largest absolute Gasteiger partial charge is 0.481 e. The number of aromatic nitrogens is 1. The number of ether oxygens (including phenoxy) is 1. The quantitative estimate of drug-likeness (QED) is 0.207. The Labute approximate surface area is 185 Å². The van der Waals surface area contributed by atoms with E-state index in [-0.39, 0.29) is 5.56 Å². The van der Waals surface area contributed by atoms with Crippen molar-refractivity contribution in [2.45, 2.75) is 70.3 Å². The fourth-order valence-corrected chi connectivity index (χ4v) is 3.59. The van der Waals surface area contributed by atoms with Gasteiger partial charge in [-0.1, -0.05) is 57.2 Å². The Kier molecular flexibility index (Phi) is 8.95. The molecule has 0 radical (unpaired) electrons. The Bertz CT molecular complexity index is 980. The van der Waals surface area contributed by atoms with Gasteiger partial charge in [0, 0.05) is 16.6 Å². The number of hydrogen-bond donors (Lipinski definition) is 4. The van der Waals surface area contributed by atoms with Crippen LogP contribution in [-0.4, -0.2) is 49.8 Å². The molecule has 2 aromatic rings. The molecule has 32 heavy (non-hydrogen) atoms. The summed E-state index contributed by atoms with van der Waals surface area (Å²) in [4.78, 5) is 50.2. The Morgan fingerprint density at radius 1 is 0.969 bits per heavy atom. The number of nitrogens with one attached hydrogen (secondary N) is 1. The number of aliphatic hydroxyl groups is 1. The maximum atomic E-state index is 12.8. The topological polar surface area (TPSA) is 154 Å². The molecule has 0 fully saturated rings. The molecular weight excluding hydrogens is 418 g/mol. The van der Waals surface area contributed by atoms with Crippen LogP contribution in [0.15, 0.2) is 24.3 Å². The molecule has 2 rings (SSSR count). The number of aliphatic carboxylic acids is 2. The molecule has 0 aliphatic heterocycles. The van der Waals surface area contributed by atoms with Gasteiger partial charge in [-0.05, 0) is 18.9 Å². The van der Waals surface area contributed by atoms with Gasteiger partial charge in [-0.15, -0.1) is 0 Å². The number of H-pyrrole nitrogens is 1. The van der Waals surface area contributed by atoms with Gasteiger partial charge in [-0.3, -0.25) is 9.59 Å². The van der Waals surface area contributed by atoms with Crippen molar-refractivity contribution in [3.8, 4) is 0 Å². The van der Waals surface area contributed by atoms with Crippen LogP contribution in [-0.2, 0) is 25.5 Å². The number of esters is 2. The smallest absolute Gasteiger partial charge is 0.348 e. The summed E-state index contributed by atoms with van der Waals surface area (Å²) >= 11 is 0. The van der Waals surface area contributed by atoms with E-state index in [1.54, 1.807) is 24.3 Å². The monoisotopic (exact) mass is 447 g/mol. The van der Waals surface area contributed by atoms with Crippen LogP contribution in [0.4, 0.5) is 0 Å². The van der Waals surface area contributed by atoms with Gasteiger partial charge in [-0.2, -0.15) is 0 Å². The third-order valence-electron chi connectivity index (χ3n) is 5.25. The summed E-state index contributed by atoms with van der Waals surface area (Å²) in [5.74, 6) is -5.79. The second-order valence-electron chi connectivity index (χ2n) is 7.89. The number of aromatic amines is 1. The number of hydrogen-bond acceptors (Lipinski definition) is 6. The van der Waals surface area contributed by atoms with E-state index in [0.29, 0.717) is 23.0 Å². The lowest BCUT2D eigenvalue weighted by Gasteiger charge is -2.19. The first kappa shape index (κ1) is 25.1. The zero-order valence-electron chi connectivity index (χ0n) is 18.1. The van der Waals surface area contributed by atoms with Gasteiger partial charge in [0.25, 0.3) is 0 Å². The molecule has 1 unspecified atom stereocenters. The molecule has 0 aliphatic carbocycles. The van der Waals surface area contributed by atoms with E-state index < -0.39 is 42.3 Å². The second kappa shape index (κ2) is 11.4. The number of carbonyl (C=O) groups excluding carboxylic acids is 2. The summed E-state index contributed by atoms with van der Waals surface area (Å²) in [6.45, 7) is 2.14. The first-order valence-electron chi connectivity index (χ1n) is 10.7. The van der Waals surface area contributed by atoms with Crippen LogP contribution in [0.1, 0.15) is 74.3 Å². The lowest BCUT2D eigenvalue weighted by atomic mass is 9.96. The number of carboxylic acid groups (broad SMARTS) is 2. The maximum Gasteiger partial charge on any atom is 0.348 e. The van der Waals surface area contributed by atoms with Crippen molar-refractivity contribution in [1.29, 1.82) is 0 Å². The van der Waals surface area contributed by atoms with E-state index in [1.807, 2.05) is 0 Å². The van der Waals surface area contributed by atoms with Gasteiger partial charge in [-0.25, -0.2) is 9.59 Å². The SMILES string of the molecule is CCCCCCCCc1[nH]c2ccccc2c1C(=O)OC(=O)CC(O)(CC(=O)O)C(=O)O. The van der Waals surface area contributed by atoms with E-state index in [0.717, 1.165) is 32.1 Å². The number of carbonyl (C=O) groups is 4. The Morgan fingerprint density at radius 2 is 1.62 bits per heavy atom. The van der Waals surface area contributed by atoms with Crippen LogP contribution in [0.5, 0.6) is 0 Å². The number of para-hydroxylation sites is 1. The van der Waals surface area contributed by atoms with E-state index in [9.17, 15) is 24.3 Å². The summed E-state index contributed by atoms with van der Waals surface area (Å²) in [5, 5.41) is 28.5. The standard InChI is InChI=1S/C23H29NO8/c1-2-3-4-5-6-7-12-17-20(15-10-8-9-11-16(15)24-17)21(28)32-19(27)14-23(31,22(29)30)13-18(25)26/h8-11,24,31H,2-7,12-14H2,1H3,(H,25,26)(H,29,30). The first-order valence-corrected chi connectivity index (χ1v) is 10.7. The number of rotatable bonds is 13. The molecule has 4 N–H and O–H groups in total. The van der Waals surface area contributed by atoms with Crippen molar-refractivity contribution in [3.05, 3.63) is 35.5 Å².